The molecule has 0 bridgehead atoms. The molecule has 4 rings (SSSR count). The molecule has 1 aliphatic heterocycles. The van der Waals surface area contributed by atoms with Crippen LogP contribution in [0.3, 0.4) is 0 Å². The number of carbonyl (C=O) groups excluding carboxylic acids is 1. The topological polar surface area (TPSA) is 38.1 Å². The summed E-state index contributed by atoms with van der Waals surface area (Å²) in [6.07, 6.45) is 0.467. The Bertz CT molecular complexity index is 934. The first-order valence-corrected chi connectivity index (χ1v) is 8.63. The van der Waals surface area contributed by atoms with E-state index in [0.717, 1.165) is 16.9 Å². The van der Waals surface area contributed by atoms with Crippen LogP contribution in [0.5, 0.6) is 0 Å². The van der Waals surface area contributed by atoms with Gasteiger partial charge in [-0.15, -0.1) is 0 Å². The Hall–Kier alpha value is -2.69. The van der Waals surface area contributed by atoms with Gasteiger partial charge in [-0.3, -0.25) is 4.79 Å². The molecule has 128 valence electrons. The highest BCUT2D eigenvalue weighted by atomic mass is 19.1. The van der Waals surface area contributed by atoms with Gasteiger partial charge in [0.05, 0.1) is 17.6 Å². The number of amides is 1. The maximum atomic E-state index is 14.2. The normalized spacial score (nSPS) is 17.6. The standard InChI is InChI=1S/C20H20FN3O/c1-2-23-12-15(11-19(23)25)20-22-17-9-5-6-10-18(17)24(20)13-14-7-3-4-8-16(14)21/h3-10,15H,2,11-13H2,1H3. The van der Waals surface area contributed by atoms with Crippen LogP contribution in [-0.2, 0) is 11.3 Å². The summed E-state index contributed by atoms with van der Waals surface area (Å²) in [5.41, 5.74) is 2.49. The van der Waals surface area contributed by atoms with Crippen molar-refractivity contribution < 1.29 is 9.18 Å². The first-order chi connectivity index (χ1) is 12.2. The van der Waals surface area contributed by atoms with Crippen LogP contribution in [-0.4, -0.2) is 33.4 Å². The van der Waals surface area contributed by atoms with Gasteiger partial charge in [0, 0.05) is 31.0 Å². The Labute approximate surface area is 145 Å². The van der Waals surface area contributed by atoms with Crippen LogP contribution in [0.15, 0.2) is 48.5 Å². The number of hydrogen-bond acceptors (Lipinski definition) is 2. The quantitative estimate of drug-likeness (QED) is 0.730. The molecule has 0 aliphatic carbocycles. The molecule has 1 fully saturated rings. The minimum atomic E-state index is -0.219. The van der Waals surface area contributed by atoms with Crippen LogP contribution in [0.2, 0.25) is 0 Å². The van der Waals surface area contributed by atoms with E-state index in [1.807, 2.05) is 42.2 Å². The summed E-state index contributed by atoms with van der Waals surface area (Å²) in [4.78, 5) is 18.8. The minimum absolute atomic E-state index is 0.0478. The van der Waals surface area contributed by atoms with Crippen molar-refractivity contribution in [2.24, 2.45) is 0 Å². The molecule has 1 saturated heterocycles. The second-order valence-electron chi connectivity index (χ2n) is 6.47. The maximum Gasteiger partial charge on any atom is 0.223 e. The summed E-state index contributed by atoms with van der Waals surface area (Å²) in [7, 11) is 0. The number of likely N-dealkylation sites (tertiary alicyclic amines) is 1. The highest BCUT2D eigenvalue weighted by molar-refractivity contribution is 5.80. The second-order valence-corrected chi connectivity index (χ2v) is 6.47. The third-order valence-corrected chi connectivity index (χ3v) is 4.93. The van der Waals surface area contributed by atoms with Crippen LogP contribution in [0, 0.1) is 5.82 Å². The predicted octanol–water partition coefficient (Wildman–Crippen LogP) is 3.56. The molecule has 1 amide bonds. The van der Waals surface area contributed by atoms with E-state index in [1.54, 1.807) is 12.1 Å². The molecule has 1 aliphatic rings. The summed E-state index contributed by atoms with van der Waals surface area (Å²) in [6.45, 7) is 3.79. The van der Waals surface area contributed by atoms with Gasteiger partial charge in [-0.25, -0.2) is 9.37 Å². The summed E-state index contributed by atoms with van der Waals surface area (Å²) >= 11 is 0. The fourth-order valence-corrected chi connectivity index (χ4v) is 3.62. The molecule has 2 heterocycles. The summed E-state index contributed by atoms with van der Waals surface area (Å²) in [5.74, 6) is 0.862. The number of hydrogen-bond donors (Lipinski definition) is 0. The molecule has 25 heavy (non-hydrogen) atoms. The van der Waals surface area contributed by atoms with Gasteiger partial charge < -0.3 is 9.47 Å². The van der Waals surface area contributed by atoms with E-state index in [0.29, 0.717) is 31.6 Å². The van der Waals surface area contributed by atoms with Crippen molar-refractivity contribution in [2.45, 2.75) is 25.8 Å². The van der Waals surface area contributed by atoms with Crippen molar-refractivity contribution in [3.63, 3.8) is 0 Å². The Morgan fingerprint density at radius 1 is 1.16 bits per heavy atom. The SMILES string of the molecule is CCN1CC(c2nc3ccccc3n2Cc2ccccc2F)CC1=O. The number of halogens is 1. The van der Waals surface area contributed by atoms with Crippen molar-refractivity contribution in [3.8, 4) is 0 Å². The lowest BCUT2D eigenvalue weighted by atomic mass is 10.1. The van der Waals surface area contributed by atoms with E-state index >= 15 is 0 Å². The monoisotopic (exact) mass is 337 g/mol. The number of rotatable bonds is 4. The molecule has 0 saturated carbocycles. The van der Waals surface area contributed by atoms with Gasteiger partial charge >= 0.3 is 0 Å². The first kappa shape index (κ1) is 15.8. The molecule has 1 unspecified atom stereocenters. The molecule has 5 heteroatoms. The van der Waals surface area contributed by atoms with Gasteiger partial charge in [0.2, 0.25) is 5.91 Å². The molecule has 1 aromatic heterocycles. The number of carbonyl (C=O) groups is 1. The highest BCUT2D eigenvalue weighted by Gasteiger charge is 2.33. The number of fused-ring (bicyclic) bond motifs is 1. The van der Waals surface area contributed by atoms with E-state index in [9.17, 15) is 9.18 Å². The molecular formula is C20H20FN3O. The fraction of sp³-hybridized carbons (Fsp3) is 0.300. The van der Waals surface area contributed by atoms with Crippen LogP contribution < -0.4 is 0 Å². The zero-order chi connectivity index (χ0) is 17.4. The molecule has 3 aromatic rings. The van der Waals surface area contributed by atoms with E-state index < -0.39 is 0 Å². The third-order valence-electron chi connectivity index (χ3n) is 4.93. The Morgan fingerprint density at radius 2 is 1.92 bits per heavy atom. The van der Waals surface area contributed by atoms with E-state index in [-0.39, 0.29) is 17.6 Å². The number of benzene rings is 2. The van der Waals surface area contributed by atoms with E-state index in [1.165, 1.54) is 6.07 Å². The number of likely N-dealkylation sites (N-methyl/N-ethyl adjacent to an activating group) is 1. The first-order valence-electron chi connectivity index (χ1n) is 8.63. The third kappa shape index (κ3) is 2.80. The van der Waals surface area contributed by atoms with Crippen LogP contribution in [0.1, 0.15) is 30.7 Å². The molecule has 1 atom stereocenters. The highest BCUT2D eigenvalue weighted by Crippen LogP contribution is 2.31. The van der Waals surface area contributed by atoms with Crippen molar-refractivity contribution >= 4 is 16.9 Å². The van der Waals surface area contributed by atoms with Gasteiger partial charge in [0.15, 0.2) is 0 Å². The van der Waals surface area contributed by atoms with Crippen LogP contribution in [0.25, 0.3) is 11.0 Å². The lowest BCUT2D eigenvalue weighted by Gasteiger charge is -2.15. The summed E-state index contributed by atoms with van der Waals surface area (Å²) in [5, 5.41) is 0. The van der Waals surface area contributed by atoms with Crippen molar-refractivity contribution in [2.75, 3.05) is 13.1 Å². The Morgan fingerprint density at radius 3 is 2.68 bits per heavy atom. The molecular weight excluding hydrogens is 317 g/mol. The molecule has 0 N–H and O–H groups in total. The smallest absolute Gasteiger partial charge is 0.223 e. The zero-order valence-corrected chi connectivity index (χ0v) is 14.2. The molecule has 4 nitrogen and oxygen atoms in total. The number of nitrogens with zero attached hydrogens (tertiary/aromatic N) is 3. The largest absolute Gasteiger partial charge is 0.342 e. The van der Waals surface area contributed by atoms with Gasteiger partial charge in [-0.2, -0.15) is 0 Å². The Balaban J connectivity index is 1.79. The summed E-state index contributed by atoms with van der Waals surface area (Å²) in [6, 6.07) is 14.7. The second kappa shape index (κ2) is 6.31. The maximum absolute atomic E-state index is 14.2. The number of imidazole rings is 1. The van der Waals surface area contributed by atoms with Gasteiger partial charge in [0.25, 0.3) is 0 Å². The Kier molecular flexibility index (Phi) is 3.99. The zero-order valence-electron chi connectivity index (χ0n) is 14.2. The molecule has 0 spiro atoms. The molecule has 0 radical (unpaired) electrons. The molecule has 2 aromatic carbocycles. The average molecular weight is 337 g/mol. The summed E-state index contributed by atoms with van der Waals surface area (Å²) < 4.78 is 16.2. The fourth-order valence-electron chi connectivity index (χ4n) is 3.62. The van der Waals surface area contributed by atoms with E-state index in [4.69, 9.17) is 4.98 Å². The van der Waals surface area contributed by atoms with Crippen LogP contribution in [0.4, 0.5) is 4.39 Å². The van der Waals surface area contributed by atoms with Crippen molar-refractivity contribution in [1.82, 2.24) is 14.5 Å². The predicted molar refractivity (Wildman–Crippen MR) is 94.8 cm³/mol. The lowest BCUT2D eigenvalue weighted by molar-refractivity contribution is -0.127. The van der Waals surface area contributed by atoms with Crippen molar-refractivity contribution in [3.05, 3.63) is 65.7 Å². The van der Waals surface area contributed by atoms with Gasteiger partial charge in [-0.05, 0) is 25.1 Å². The van der Waals surface area contributed by atoms with Crippen LogP contribution >= 0.6 is 0 Å². The van der Waals surface area contributed by atoms with E-state index in [2.05, 4.69) is 4.57 Å². The number of aromatic nitrogens is 2. The minimum Gasteiger partial charge on any atom is -0.342 e. The average Bonchev–Trinajstić information content (AvgIpc) is 3.17. The van der Waals surface area contributed by atoms with Crippen molar-refractivity contribution in [1.29, 1.82) is 0 Å². The lowest BCUT2D eigenvalue weighted by Crippen LogP contribution is -2.24. The van der Waals surface area contributed by atoms with Gasteiger partial charge in [-0.1, -0.05) is 30.3 Å². The van der Waals surface area contributed by atoms with Gasteiger partial charge in [0.1, 0.15) is 11.6 Å². The number of para-hydroxylation sites is 2.